The molecule has 6 nitrogen and oxygen atoms in total. The number of rotatable bonds is 5. The summed E-state index contributed by atoms with van der Waals surface area (Å²) >= 11 is 0. The van der Waals surface area contributed by atoms with Gasteiger partial charge in [0.15, 0.2) is 0 Å². The molecule has 0 aliphatic heterocycles. The van der Waals surface area contributed by atoms with Crippen LogP contribution >= 0.6 is 0 Å². The van der Waals surface area contributed by atoms with E-state index in [-0.39, 0.29) is 4.90 Å². The topological polar surface area (TPSA) is 76.0 Å². The summed E-state index contributed by atoms with van der Waals surface area (Å²) in [6, 6.07) is 6.19. The van der Waals surface area contributed by atoms with Gasteiger partial charge in [-0.3, -0.25) is 0 Å². The molecule has 0 radical (unpaired) electrons. The van der Waals surface area contributed by atoms with Gasteiger partial charge in [0.2, 0.25) is 0 Å². The molecule has 1 aromatic carbocycles. The third-order valence-electron chi connectivity index (χ3n) is 2.19. The Balaban J connectivity index is 0.000000555. The lowest BCUT2D eigenvalue weighted by Gasteiger charge is -2.09. The van der Waals surface area contributed by atoms with E-state index in [9.17, 15) is 13.3 Å². The van der Waals surface area contributed by atoms with Crippen molar-refractivity contribution >= 4 is 10.0 Å². The Morgan fingerprint density at radius 1 is 1.16 bits per heavy atom. The van der Waals surface area contributed by atoms with Gasteiger partial charge in [-0.1, -0.05) is 17.7 Å². The Labute approximate surface area is 114 Å². The zero-order valence-electron chi connectivity index (χ0n) is 11.7. The molecule has 0 atom stereocenters. The summed E-state index contributed by atoms with van der Waals surface area (Å²) < 4.78 is 28.2. The first-order chi connectivity index (χ1) is 8.89. The molecule has 0 aliphatic carbocycles. The summed E-state index contributed by atoms with van der Waals surface area (Å²) in [6.45, 7) is 7.51. The van der Waals surface area contributed by atoms with Crippen molar-refractivity contribution in [2.45, 2.75) is 25.7 Å². The van der Waals surface area contributed by atoms with E-state index in [4.69, 9.17) is 4.74 Å². The van der Waals surface area contributed by atoms with Crippen molar-refractivity contribution < 1.29 is 13.2 Å². The van der Waals surface area contributed by atoms with Crippen molar-refractivity contribution in [2.75, 3.05) is 20.3 Å². The van der Waals surface area contributed by atoms with Gasteiger partial charge in [-0.2, -0.15) is 12.8 Å². The quantitative estimate of drug-likeness (QED) is 0.615. The van der Waals surface area contributed by atoms with E-state index in [0.717, 1.165) is 25.8 Å². The highest BCUT2D eigenvalue weighted by Crippen LogP contribution is 2.14. The second-order valence-corrected chi connectivity index (χ2v) is 5.57. The number of ether oxygens (including phenoxy) is 1. The minimum atomic E-state index is -3.75. The van der Waals surface area contributed by atoms with Crippen LogP contribution in [-0.2, 0) is 14.8 Å². The highest BCUT2D eigenvalue weighted by atomic mass is 32.2. The predicted octanol–water partition coefficient (Wildman–Crippen LogP) is 2.34. The fourth-order valence-electron chi connectivity index (χ4n) is 1.11. The zero-order valence-corrected chi connectivity index (χ0v) is 12.5. The van der Waals surface area contributed by atoms with Crippen LogP contribution in [-0.4, -0.2) is 33.1 Å². The molecule has 0 N–H and O–H groups in total. The molecule has 0 amide bonds. The van der Waals surface area contributed by atoms with Crippen LogP contribution in [0.5, 0.6) is 0 Å². The summed E-state index contributed by atoms with van der Waals surface area (Å²) in [6.07, 6.45) is 0. The van der Waals surface area contributed by atoms with Crippen LogP contribution in [0.25, 0.3) is 0 Å². The number of benzene rings is 1. The Morgan fingerprint density at radius 3 is 1.95 bits per heavy atom. The van der Waals surface area contributed by atoms with E-state index in [1.54, 1.807) is 12.1 Å². The number of hydrogen-bond acceptors (Lipinski definition) is 5. The van der Waals surface area contributed by atoms with Crippen LogP contribution in [0.1, 0.15) is 19.4 Å². The molecule has 0 spiro atoms. The average Bonchev–Trinajstić information content (AvgIpc) is 2.40. The molecule has 1 aromatic rings. The first kappa shape index (κ1) is 17.5. The van der Waals surface area contributed by atoms with Crippen LogP contribution < -0.4 is 0 Å². The molecular formula is C12H20N2O4S. The smallest absolute Gasteiger partial charge is 0.281 e. The molecule has 0 bridgehead atoms. The van der Waals surface area contributed by atoms with E-state index in [0.29, 0.717) is 4.41 Å². The lowest BCUT2D eigenvalue weighted by Crippen LogP contribution is -2.20. The van der Waals surface area contributed by atoms with Crippen molar-refractivity contribution in [3.8, 4) is 0 Å². The maximum Gasteiger partial charge on any atom is 0.281 e. The summed E-state index contributed by atoms with van der Waals surface area (Å²) in [5, 5.41) is 2.35. The summed E-state index contributed by atoms with van der Waals surface area (Å²) in [5.74, 6) is 0. The fourth-order valence-corrected chi connectivity index (χ4v) is 1.98. The van der Waals surface area contributed by atoms with Crippen molar-refractivity contribution in [3.05, 3.63) is 34.7 Å². The Kier molecular flexibility index (Phi) is 7.94. The summed E-state index contributed by atoms with van der Waals surface area (Å²) in [5.41, 5.74) is 0.950. The van der Waals surface area contributed by atoms with Gasteiger partial charge in [0, 0.05) is 20.3 Å². The maximum absolute atomic E-state index is 11.5. The molecule has 0 unspecified atom stereocenters. The Hall–Kier alpha value is -1.47. The van der Waals surface area contributed by atoms with E-state index < -0.39 is 10.0 Å². The number of nitrogens with zero attached hydrogens (tertiary/aromatic N) is 2. The van der Waals surface area contributed by atoms with E-state index in [2.05, 4.69) is 5.29 Å². The molecule has 0 saturated heterocycles. The van der Waals surface area contributed by atoms with Crippen LogP contribution in [0.2, 0.25) is 0 Å². The normalized spacial score (nSPS) is 10.3. The second kappa shape index (κ2) is 8.60. The van der Waals surface area contributed by atoms with Gasteiger partial charge < -0.3 is 4.74 Å². The number of hydrogen-bond donors (Lipinski definition) is 0. The SMILES string of the molecule is CCOCC.Cc1ccc(S(=O)(=O)N(C)N=O)cc1. The zero-order chi connectivity index (χ0) is 14.9. The summed E-state index contributed by atoms with van der Waals surface area (Å²) in [4.78, 5) is 10.1. The third kappa shape index (κ3) is 5.80. The number of nitroso groups, excluding NO2 is 1. The van der Waals surface area contributed by atoms with Crippen molar-refractivity contribution in [1.29, 1.82) is 0 Å². The Morgan fingerprint density at radius 2 is 1.63 bits per heavy atom. The predicted molar refractivity (Wildman–Crippen MR) is 74.1 cm³/mol. The van der Waals surface area contributed by atoms with Gasteiger partial charge in [0.25, 0.3) is 10.0 Å². The van der Waals surface area contributed by atoms with Gasteiger partial charge in [0.05, 0.1) is 10.2 Å². The molecule has 0 aromatic heterocycles. The minimum Gasteiger partial charge on any atom is -0.382 e. The lowest BCUT2D eigenvalue weighted by molar-refractivity contribution is 0.162. The van der Waals surface area contributed by atoms with Crippen LogP contribution in [0.3, 0.4) is 0 Å². The molecule has 0 fully saturated rings. The fraction of sp³-hybridized carbons (Fsp3) is 0.500. The second-order valence-electron chi connectivity index (χ2n) is 3.62. The minimum absolute atomic E-state index is 0.0604. The average molecular weight is 288 g/mol. The summed E-state index contributed by atoms with van der Waals surface area (Å²) in [7, 11) is -2.65. The van der Waals surface area contributed by atoms with Gasteiger partial charge in [-0.25, -0.2) is 0 Å². The monoisotopic (exact) mass is 288 g/mol. The van der Waals surface area contributed by atoms with Gasteiger partial charge >= 0.3 is 0 Å². The highest BCUT2D eigenvalue weighted by Gasteiger charge is 2.19. The largest absolute Gasteiger partial charge is 0.382 e. The van der Waals surface area contributed by atoms with Crippen LogP contribution in [0.4, 0.5) is 0 Å². The molecule has 0 saturated carbocycles. The van der Waals surface area contributed by atoms with Crippen molar-refractivity contribution in [2.24, 2.45) is 5.29 Å². The molecule has 0 heterocycles. The van der Waals surface area contributed by atoms with Crippen LogP contribution in [0, 0.1) is 11.8 Å². The van der Waals surface area contributed by atoms with E-state index in [1.165, 1.54) is 12.1 Å². The molecule has 19 heavy (non-hydrogen) atoms. The standard InChI is InChI=1S/C8H10N2O3S.C4H10O/c1-7-3-5-8(6-4-7)14(12,13)10(2)9-11;1-3-5-4-2/h3-6H,1-2H3;3-4H2,1-2H3. The van der Waals surface area contributed by atoms with Crippen molar-refractivity contribution in [1.82, 2.24) is 4.41 Å². The molecule has 7 heteroatoms. The first-order valence-corrected chi connectivity index (χ1v) is 7.30. The highest BCUT2D eigenvalue weighted by molar-refractivity contribution is 7.89. The lowest BCUT2D eigenvalue weighted by atomic mass is 10.2. The molecular weight excluding hydrogens is 268 g/mol. The van der Waals surface area contributed by atoms with E-state index >= 15 is 0 Å². The first-order valence-electron chi connectivity index (χ1n) is 5.86. The van der Waals surface area contributed by atoms with E-state index in [1.807, 2.05) is 20.8 Å². The molecule has 108 valence electrons. The Bertz CT molecular complexity index is 469. The van der Waals surface area contributed by atoms with Gasteiger partial charge in [-0.15, -0.1) is 4.91 Å². The molecule has 1 rings (SSSR count). The maximum atomic E-state index is 11.5. The van der Waals surface area contributed by atoms with Gasteiger partial charge in [0.1, 0.15) is 0 Å². The molecule has 0 aliphatic rings. The number of sulfonamides is 1. The number of aryl methyl sites for hydroxylation is 1. The van der Waals surface area contributed by atoms with Crippen LogP contribution in [0.15, 0.2) is 34.4 Å². The third-order valence-corrected chi connectivity index (χ3v) is 3.82. The van der Waals surface area contributed by atoms with Crippen molar-refractivity contribution in [3.63, 3.8) is 0 Å². The van der Waals surface area contributed by atoms with Gasteiger partial charge in [-0.05, 0) is 32.9 Å².